The maximum absolute atomic E-state index is 14.7. The first-order valence-electron chi connectivity index (χ1n) is 14.3. The zero-order chi connectivity index (χ0) is 31.8. The van der Waals surface area contributed by atoms with E-state index in [-0.39, 0.29) is 18.1 Å². The van der Waals surface area contributed by atoms with Gasteiger partial charge >= 0.3 is 0 Å². The number of aryl methyl sites for hydroxylation is 1. The molecular weight excluding hydrogens is 605 g/mol. The summed E-state index contributed by atoms with van der Waals surface area (Å²) < 4.78 is 38.0. The second-order valence-electron chi connectivity index (χ2n) is 11.0. The molecule has 1 amide bonds. The number of amides is 1. The number of rotatable bonds is 8. The maximum Gasteiger partial charge on any atom is 0.255 e. The van der Waals surface area contributed by atoms with Crippen LogP contribution in [0.3, 0.4) is 0 Å². The summed E-state index contributed by atoms with van der Waals surface area (Å²) in [6.07, 6.45) is 9.71. The van der Waals surface area contributed by atoms with E-state index in [1.54, 1.807) is 61.3 Å². The molecule has 7 aromatic rings. The van der Waals surface area contributed by atoms with Gasteiger partial charge in [0.15, 0.2) is 5.65 Å². The molecule has 2 aromatic carbocycles. The number of sulfone groups is 1. The molecule has 228 valence electrons. The number of nitrogens with zero attached hydrogens (tertiary/aromatic N) is 4. The van der Waals surface area contributed by atoms with Gasteiger partial charge in [0.25, 0.3) is 5.91 Å². The number of H-pyrrole nitrogens is 2. The lowest BCUT2D eigenvalue weighted by Gasteiger charge is -2.07. The third kappa shape index (κ3) is 5.97. The molecule has 0 radical (unpaired) electrons. The number of hydrogen-bond acceptors (Lipinski definition) is 7. The molecule has 0 fully saturated rings. The Bertz CT molecular complexity index is 2370. The third-order valence-corrected chi connectivity index (χ3v) is 8.56. The largest absolute Gasteiger partial charge is 0.352 e. The highest BCUT2D eigenvalue weighted by Gasteiger charge is 2.17. The van der Waals surface area contributed by atoms with Gasteiger partial charge in [-0.05, 0) is 60.0 Å². The average molecular weight is 632 g/mol. The minimum absolute atomic E-state index is 0.0718. The van der Waals surface area contributed by atoms with E-state index in [1.807, 2.05) is 24.3 Å². The number of carbonyl (C=O) groups is 1. The zero-order valence-electron chi connectivity index (χ0n) is 24.5. The molecule has 3 N–H and O–H groups in total. The Hall–Kier alpha value is -5.75. The first-order valence-corrected chi connectivity index (χ1v) is 16.4. The van der Waals surface area contributed by atoms with E-state index in [9.17, 15) is 17.6 Å². The van der Waals surface area contributed by atoms with Gasteiger partial charge in [-0.2, -0.15) is 5.10 Å². The van der Waals surface area contributed by atoms with Crippen LogP contribution in [-0.4, -0.2) is 56.5 Å². The highest BCUT2D eigenvalue weighted by atomic mass is 32.2. The first kappa shape index (κ1) is 29.0. The number of pyridine rings is 3. The molecule has 0 atom stereocenters. The summed E-state index contributed by atoms with van der Waals surface area (Å²) in [5.41, 5.74) is 7.13. The summed E-state index contributed by atoms with van der Waals surface area (Å²) in [6.45, 7) is 0. The molecular formula is C34H26FN7O3S. The summed E-state index contributed by atoms with van der Waals surface area (Å²) in [7, 11) is -3.20. The van der Waals surface area contributed by atoms with Gasteiger partial charge < -0.3 is 10.3 Å². The van der Waals surface area contributed by atoms with Crippen molar-refractivity contribution in [2.75, 3.05) is 17.3 Å². The van der Waals surface area contributed by atoms with Crippen molar-refractivity contribution in [3.8, 4) is 33.6 Å². The quantitative estimate of drug-likeness (QED) is 0.181. The Morgan fingerprint density at radius 3 is 2.50 bits per heavy atom. The zero-order valence-corrected chi connectivity index (χ0v) is 25.3. The minimum Gasteiger partial charge on any atom is -0.352 e. The molecule has 5 heterocycles. The van der Waals surface area contributed by atoms with Gasteiger partial charge in [0.1, 0.15) is 21.3 Å². The van der Waals surface area contributed by atoms with E-state index in [2.05, 4.69) is 35.5 Å². The van der Waals surface area contributed by atoms with Crippen molar-refractivity contribution in [3.05, 3.63) is 115 Å². The van der Waals surface area contributed by atoms with Crippen LogP contribution in [0.2, 0.25) is 0 Å². The summed E-state index contributed by atoms with van der Waals surface area (Å²) in [6, 6.07) is 19.2. The Labute approximate surface area is 262 Å². The Balaban J connectivity index is 1.22. The fourth-order valence-corrected chi connectivity index (χ4v) is 5.99. The second-order valence-corrected chi connectivity index (χ2v) is 13.3. The van der Waals surface area contributed by atoms with Crippen LogP contribution in [0.5, 0.6) is 0 Å². The SMILES string of the molecule is CS(=O)(=O)CCc1cc(F)cc(-c2cncc3[nH]c(-c4n[nH]c5ncc(-c6cncc(NC(=O)c7ccccc7)c6)cc45)cc23)c1. The number of aromatic amines is 2. The Morgan fingerprint density at radius 1 is 0.870 bits per heavy atom. The van der Waals surface area contributed by atoms with E-state index >= 15 is 0 Å². The highest BCUT2D eigenvalue weighted by Crippen LogP contribution is 2.35. The first-order chi connectivity index (χ1) is 22.2. The van der Waals surface area contributed by atoms with Crippen LogP contribution in [0.25, 0.3) is 55.6 Å². The van der Waals surface area contributed by atoms with Crippen LogP contribution < -0.4 is 5.32 Å². The number of halogens is 1. The number of nitrogens with one attached hydrogen (secondary N) is 3. The number of benzene rings is 2. The van der Waals surface area contributed by atoms with Crippen molar-refractivity contribution < 1.29 is 17.6 Å². The van der Waals surface area contributed by atoms with Gasteiger partial charge in [-0.15, -0.1) is 0 Å². The minimum atomic E-state index is -3.20. The van der Waals surface area contributed by atoms with Crippen LogP contribution in [0.1, 0.15) is 15.9 Å². The second kappa shape index (κ2) is 11.6. The molecule has 0 unspecified atom stereocenters. The van der Waals surface area contributed by atoms with Gasteiger partial charge in [-0.3, -0.25) is 19.9 Å². The van der Waals surface area contributed by atoms with Gasteiger partial charge in [0, 0.05) is 57.9 Å². The standard InChI is InChI=1S/C34H26FN7O3S/c1-46(44,45)8-7-20-9-22(11-25(35)10-20)29-18-37-19-31-27(29)14-30(40-31)32-28-13-24(16-38-33(28)42-41-32)23-12-26(17-36-15-23)39-34(43)21-5-3-2-4-6-21/h2-6,9-19,40H,7-8H2,1H3,(H,39,43)(H,38,41,42). The smallest absolute Gasteiger partial charge is 0.255 e. The predicted octanol–water partition coefficient (Wildman–Crippen LogP) is 6.21. The number of hydrogen-bond donors (Lipinski definition) is 3. The van der Waals surface area contributed by atoms with Crippen molar-refractivity contribution >= 4 is 43.4 Å². The molecule has 0 aliphatic heterocycles. The lowest BCUT2D eigenvalue weighted by molar-refractivity contribution is 0.102. The molecule has 7 rings (SSSR count). The van der Waals surface area contributed by atoms with Crippen LogP contribution in [0.4, 0.5) is 10.1 Å². The topological polar surface area (TPSA) is 146 Å². The van der Waals surface area contributed by atoms with E-state index in [1.165, 1.54) is 12.1 Å². The molecule has 10 nitrogen and oxygen atoms in total. The fourth-order valence-electron chi connectivity index (χ4n) is 5.39. The summed E-state index contributed by atoms with van der Waals surface area (Å²) >= 11 is 0. The van der Waals surface area contributed by atoms with Gasteiger partial charge in [-0.1, -0.05) is 24.3 Å². The molecule has 12 heteroatoms. The molecule has 0 aliphatic carbocycles. The number of anilines is 1. The van der Waals surface area contributed by atoms with E-state index in [4.69, 9.17) is 0 Å². The Kier molecular flexibility index (Phi) is 7.33. The van der Waals surface area contributed by atoms with Crippen LogP contribution in [0.15, 0.2) is 97.7 Å². The molecule has 46 heavy (non-hydrogen) atoms. The fraction of sp³-hybridized carbons (Fsp3) is 0.0882. The molecule has 0 saturated heterocycles. The monoisotopic (exact) mass is 631 g/mol. The third-order valence-electron chi connectivity index (χ3n) is 7.61. The molecule has 0 bridgehead atoms. The lowest BCUT2D eigenvalue weighted by atomic mass is 10.0. The van der Waals surface area contributed by atoms with Crippen molar-refractivity contribution in [2.45, 2.75) is 6.42 Å². The summed E-state index contributed by atoms with van der Waals surface area (Å²) in [5, 5.41) is 12.0. The van der Waals surface area contributed by atoms with Crippen LogP contribution in [-0.2, 0) is 16.3 Å². The van der Waals surface area contributed by atoms with Gasteiger partial charge in [0.05, 0.1) is 35.0 Å². The van der Waals surface area contributed by atoms with Crippen molar-refractivity contribution in [1.29, 1.82) is 0 Å². The van der Waals surface area contributed by atoms with Gasteiger partial charge in [-0.25, -0.2) is 17.8 Å². The van der Waals surface area contributed by atoms with E-state index in [0.717, 1.165) is 33.7 Å². The maximum atomic E-state index is 14.7. The molecule has 0 aliphatic rings. The van der Waals surface area contributed by atoms with Crippen molar-refractivity contribution in [1.82, 2.24) is 30.1 Å². The Morgan fingerprint density at radius 2 is 1.67 bits per heavy atom. The lowest BCUT2D eigenvalue weighted by Crippen LogP contribution is -2.11. The highest BCUT2D eigenvalue weighted by molar-refractivity contribution is 7.90. The predicted molar refractivity (Wildman–Crippen MR) is 175 cm³/mol. The number of carbonyl (C=O) groups excluding carboxylic acids is 1. The molecule has 0 spiro atoms. The number of fused-ring (bicyclic) bond motifs is 2. The number of aromatic nitrogens is 6. The normalized spacial score (nSPS) is 11.7. The molecule has 5 aromatic heterocycles. The van der Waals surface area contributed by atoms with Crippen LogP contribution >= 0.6 is 0 Å². The van der Waals surface area contributed by atoms with Crippen molar-refractivity contribution in [2.24, 2.45) is 0 Å². The molecule has 0 saturated carbocycles. The summed E-state index contributed by atoms with van der Waals surface area (Å²) in [5.74, 6) is -0.762. The van der Waals surface area contributed by atoms with Gasteiger partial charge in [0.2, 0.25) is 0 Å². The van der Waals surface area contributed by atoms with E-state index in [0.29, 0.717) is 45.0 Å². The van der Waals surface area contributed by atoms with E-state index < -0.39 is 15.7 Å². The van der Waals surface area contributed by atoms with Crippen LogP contribution in [0, 0.1) is 5.82 Å². The summed E-state index contributed by atoms with van der Waals surface area (Å²) in [4.78, 5) is 29.3. The van der Waals surface area contributed by atoms with Crippen molar-refractivity contribution in [3.63, 3.8) is 0 Å². The average Bonchev–Trinajstić information content (AvgIpc) is 3.68.